The van der Waals surface area contributed by atoms with Crippen LogP contribution < -0.4 is 0 Å². The van der Waals surface area contributed by atoms with E-state index in [0.717, 1.165) is 0 Å². The first kappa shape index (κ1) is 15.1. The Hall–Kier alpha value is -0.940. The predicted molar refractivity (Wildman–Crippen MR) is 58.4 cm³/mol. The molecule has 0 bridgehead atoms. The topological polar surface area (TPSA) is 72.8 Å². The van der Waals surface area contributed by atoms with E-state index >= 15 is 0 Å². The van der Waals surface area contributed by atoms with Gasteiger partial charge < -0.3 is 19.4 Å². The number of carboxylic acid groups (broad SMARTS) is 1. The Morgan fingerprint density at radius 3 is 2.19 bits per heavy atom. The van der Waals surface area contributed by atoms with Gasteiger partial charge in [-0.15, -0.1) is 0 Å². The van der Waals surface area contributed by atoms with Crippen LogP contribution in [0.15, 0.2) is 0 Å². The van der Waals surface area contributed by atoms with Crippen molar-refractivity contribution in [2.45, 2.75) is 45.3 Å². The molecule has 1 N–H and O–H groups in total. The Kier molecular flexibility index (Phi) is 5.61. The highest BCUT2D eigenvalue weighted by atomic mass is 16.6. The lowest BCUT2D eigenvalue weighted by Gasteiger charge is -2.30. The predicted octanol–water partition coefficient (Wildman–Crippen LogP) is 1.25. The highest BCUT2D eigenvalue weighted by Gasteiger charge is 2.27. The van der Waals surface area contributed by atoms with Gasteiger partial charge in [-0.25, -0.2) is 0 Å². The second-order valence-corrected chi connectivity index (χ2v) is 4.86. The van der Waals surface area contributed by atoms with E-state index in [9.17, 15) is 9.59 Å². The van der Waals surface area contributed by atoms with E-state index in [0.29, 0.717) is 6.29 Å². The number of aliphatic carboxylic acids is 1. The maximum atomic E-state index is 10.6. The van der Waals surface area contributed by atoms with Crippen molar-refractivity contribution in [2.75, 3.05) is 13.2 Å². The van der Waals surface area contributed by atoms with E-state index in [1.165, 1.54) is 0 Å². The highest BCUT2D eigenvalue weighted by molar-refractivity contribution is 5.67. The molecule has 94 valence electrons. The number of carboxylic acids is 1. The molecule has 0 spiro atoms. The van der Waals surface area contributed by atoms with E-state index in [2.05, 4.69) is 0 Å². The zero-order valence-corrected chi connectivity index (χ0v) is 10.3. The molecule has 0 aliphatic carbocycles. The maximum absolute atomic E-state index is 10.6. The lowest BCUT2D eigenvalue weighted by atomic mass is 10.0. The summed E-state index contributed by atoms with van der Waals surface area (Å²) in [5.74, 6) is -0.906. The molecule has 0 rings (SSSR count). The summed E-state index contributed by atoms with van der Waals surface area (Å²) in [6.07, 6.45) is 0.598. The third-order valence-corrected chi connectivity index (χ3v) is 1.93. The van der Waals surface area contributed by atoms with Crippen LogP contribution in [0, 0.1) is 0 Å². The summed E-state index contributed by atoms with van der Waals surface area (Å²) in [4.78, 5) is 20.7. The number of rotatable bonds is 8. The molecule has 5 nitrogen and oxygen atoms in total. The minimum Gasteiger partial charge on any atom is -0.481 e. The Bertz CT molecular complexity index is 245. The molecule has 0 aromatic rings. The zero-order chi connectivity index (χ0) is 12.8. The van der Waals surface area contributed by atoms with E-state index in [1.54, 1.807) is 27.7 Å². The molecular formula is C11H20O5. The third kappa shape index (κ3) is 7.36. The third-order valence-electron chi connectivity index (χ3n) is 1.93. The average molecular weight is 232 g/mol. The van der Waals surface area contributed by atoms with Crippen molar-refractivity contribution in [3.8, 4) is 0 Å². The van der Waals surface area contributed by atoms with E-state index in [-0.39, 0.29) is 19.6 Å². The van der Waals surface area contributed by atoms with Gasteiger partial charge in [-0.05, 0) is 27.7 Å². The van der Waals surface area contributed by atoms with Crippen LogP contribution in [0.4, 0.5) is 0 Å². The van der Waals surface area contributed by atoms with Gasteiger partial charge in [-0.1, -0.05) is 0 Å². The lowest BCUT2D eigenvalue weighted by molar-refractivity contribution is -0.152. The first-order chi connectivity index (χ1) is 7.18. The van der Waals surface area contributed by atoms with Gasteiger partial charge in [-0.3, -0.25) is 4.79 Å². The van der Waals surface area contributed by atoms with E-state index < -0.39 is 17.2 Å². The quantitative estimate of drug-likeness (QED) is 0.637. The largest absolute Gasteiger partial charge is 0.481 e. The summed E-state index contributed by atoms with van der Waals surface area (Å²) in [7, 11) is 0. The molecule has 0 aliphatic rings. The molecule has 0 atom stereocenters. The molecule has 0 saturated heterocycles. The van der Waals surface area contributed by atoms with Gasteiger partial charge in [0.15, 0.2) is 0 Å². The van der Waals surface area contributed by atoms with Crippen LogP contribution >= 0.6 is 0 Å². The Morgan fingerprint density at radius 2 is 1.75 bits per heavy atom. The molecular weight excluding hydrogens is 212 g/mol. The fraction of sp³-hybridized carbons (Fsp3) is 0.818. The van der Waals surface area contributed by atoms with E-state index in [4.69, 9.17) is 14.6 Å². The summed E-state index contributed by atoms with van der Waals surface area (Å²) in [5, 5.41) is 8.66. The van der Waals surface area contributed by atoms with Gasteiger partial charge in [0, 0.05) is 0 Å². The number of carbonyl (C=O) groups excluding carboxylic acids is 1. The van der Waals surface area contributed by atoms with Gasteiger partial charge in [0.2, 0.25) is 0 Å². The standard InChI is InChI=1S/C11H20O5/c1-10(2,7-9(13)14)16-8-11(3,4)15-6-5-12/h5H,6-8H2,1-4H3,(H,13,14). The van der Waals surface area contributed by atoms with Crippen LogP contribution in [-0.4, -0.2) is 41.8 Å². The van der Waals surface area contributed by atoms with Crippen molar-refractivity contribution in [3.63, 3.8) is 0 Å². The van der Waals surface area contributed by atoms with Crippen molar-refractivity contribution in [3.05, 3.63) is 0 Å². The molecule has 0 radical (unpaired) electrons. The molecule has 0 fully saturated rings. The minimum absolute atomic E-state index is 0.00964. The van der Waals surface area contributed by atoms with Crippen LogP contribution in [0.5, 0.6) is 0 Å². The second-order valence-electron chi connectivity index (χ2n) is 4.86. The van der Waals surface area contributed by atoms with Crippen molar-refractivity contribution >= 4 is 12.3 Å². The molecule has 0 saturated carbocycles. The Balaban J connectivity index is 4.10. The fourth-order valence-corrected chi connectivity index (χ4v) is 1.09. The molecule has 0 aromatic heterocycles. The SMILES string of the molecule is CC(C)(COC(C)(C)CC(=O)O)OCC=O. The van der Waals surface area contributed by atoms with Crippen molar-refractivity contribution in [1.29, 1.82) is 0 Å². The zero-order valence-electron chi connectivity index (χ0n) is 10.3. The number of aldehydes is 1. The first-order valence-corrected chi connectivity index (χ1v) is 5.12. The number of carbonyl (C=O) groups is 2. The normalized spacial score (nSPS) is 12.5. The van der Waals surface area contributed by atoms with Gasteiger partial charge in [0.1, 0.15) is 12.9 Å². The van der Waals surface area contributed by atoms with Crippen molar-refractivity contribution in [1.82, 2.24) is 0 Å². The van der Waals surface area contributed by atoms with Crippen molar-refractivity contribution < 1.29 is 24.2 Å². The van der Waals surface area contributed by atoms with E-state index in [1.807, 2.05) is 0 Å². The van der Waals surface area contributed by atoms with Gasteiger partial charge >= 0.3 is 5.97 Å². The molecule has 0 amide bonds. The fourth-order valence-electron chi connectivity index (χ4n) is 1.09. The molecule has 16 heavy (non-hydrogen) atoms. The molecule has 0 aliphatic heterocycles. The summed E-state index contributed by atoms with van der Waals surface area (Å²) < 4.78 is 10.7. The second kappa shape index (κ2) is 5.96. The van der Waals surface area contributed by atoms with Crippen LogP contribution in [0.2, 0.25) is 0 Å². The summed E-state index contributed by atoms with van der Waals surface area (Å²) in [6.45, 7) is 7.23. The number of hydrogen-bond donors (Lipinski definition) is 1. The summed E-state index contributed by atoms with van der Waals surface area (Å²) in [6, 6.07) is 0. The molecule has 5 heteroatoms. The Morgan fingerprint density at radius 1 is 1.19 bits per heavy atom. The van der Waals surface area contributed by atoms with Crippen LogP contribution in [-0.2, 0) is 19.1 Å². The van der Waals surface area contributed by atoms with Gasteiger partial charge in [-0.2, -0.15) is 0 Å². The molecule has 0 unspecified atom stereocenters. The van der Waals surface area contributed by atoms with Crippen LogP contribution in [0.1, 0.15) is 34.1 Å². The smallest absolute Gasteiger partial charge is 0.306 e. The number of hydrogen-bond acceptors (Lipinski definition) is 4. The highest BCUT2D eigenvalue weighted by Crippen LogP contribution is 2.18. The molecule has 0 heterocycles. The Labute approximate surface area is 95.7 Å². The maximum Gasteiger partial charge on any atom is 0.306 e. The first-order valence-electron chi connectivity index (χ1n) is 5.12. The van der Waals surface area contributed by atoms with Gasteiger partial charge in [0.05, 0.1) is 24.2 Å². The van der Waals surface area contributed by atoms with Crippen LogP contribution in [0.3, 0.4) is 0 Å². The summed E-state index contributed by atoms with van der Waals surface area (Å²) >= 11 is 0. The van der Waals surface area contributed by atoms with Crippen LogP contribution in [0.25, 0.3) is 0 Å². The monoisotopic (exact) mass is 232 g/mol. The van der Waals surface area contributed by atoms with Gasteiger partial charge in [0.25, 0.3) is 0 Å². The summed E-state index contributed by atoms with van der Waals surface area (Å²) in [5.41, 5.74) is -1.34. The van der Waals surface area contributed by atoms with Crippen molar-refractivity contribution in [2.24, 2.45) is 0 Å². The average Bonchev–Trinajstić information content (AvgIpc) is 2.10. The lowest BCUT2D eigenvalue weighted by Crippen LogP contribution is -2.38. The number of ether oxygens (including phenoxy) is 2. The molecule has 0 aromatic carbocycles. The minimum atomic E-state index is -0.906.